The van der Waals surface area contributed by atoms with E-state index < -0.39 is 28.9 Å². The monoisotopic (exact) mass is 303 g/mol. The number of ether oxygens (including phenoxy) is 1. The Morgan fingerprint density at radius 2 is 1.90 bits per heavy atom. The zero-order chi connectivity index (χ0) is 15.7. The van der Waals surface area contributed by atoms with Gasteiger partial charge in [0.05, 0.1) is 5.02 Å². The molecule has 110 valence electrons. The van der Waals surface area contributed by atoms with Crippen molar-refractivity contribution in [2.24, 2.45) is 5.73 Å². The summed E-state index contributed by atoms with van der Waals surface area (Å²) < 4.78 is 18.4. The van der Waals surface area contributed by atoms with Gasteiger partial charge in [0.1, 0.15) is 11.4 Å². The van der Waals surface area contributed by atoms with E-state index >= 15 is 0 Å². The Hall–Kier alpha value is -1.66. The van der Waals surface area contributed by atoms with Gasteiger partial charge >= 0.3 is 11.9 Å². The smallest absolute Gasteiger partial charge is 0.343 e. The van der Waals surface area contributed by atoms with Crippen LogP contribution in [0.25, 0.3) is 0 Å². The third-order valence-corrected chi connectivity index (χ3v) is 2.74. The molecule has 0 fully saturated rings. The minimum atomic E-state index is -2.50. The zero-order valence-electron chi connectivity index (χ0n) is 11.2. The third kappa shape index (κ3) is 3.26. The summed E-state index contributed by atoms with van der Waals surface area (Å²) in [7, 11) is 0. The molecule has 20 heavy (non-hydrogen) atoms. The normalized spacial score (nSPS) is 14.5. The average Bonchev–Trinajstić information content (AvgIpc) is 2.29. The van der Waals surface area contributed by atoms with Crippen LogP contribution in [0.1, 0.15) is 26.3 Å². The largest absolute Gasteiger partial charge is 0.479 e. The van der Waals surface area contributed by atoms with E-state index in [0.29, 0.717) is 0 Å². The Bertz CT molecular complexity index is 556. The van der Waals surface area contributed by atoms with Crippen molar-refractivity contribution >= 4 is 23.5 Å². The molecule has 1 atom stereocenters. The van der Waals surface area contributed by atoms with Crippen LogP contribution in [-0.4, -0.2) is 22.6 Å². The van der Waals surface area contributed by atoms with Crippen molar-refractivity contribution in [2.45, 2.75) is 31.9 Å². The Morgan fingerprint density at radius 1 is 1.35 bits per heavy atom. The molecule has 0 heterocycles. The molecule has 1 unspecified atom stereocenters. The molecule has 0 saturated carbocycles. The van der Waals surface area contributed by atoms with Gasteiger partial charge in [-0.05, 0) is 38.5 Å². The number of halogens is 2. The molecule has 7 heteroatoms. The first-order valence-corrected chi connectivity index (χ1v) is 6.07. The molecule has 0 radical (unpaired) electrons. The summed E-state index contributed by atoms with van der Waals surface area (Å²) in [6, 6.07) is 3.10. The highest BCUT2D eigenvalue weighted by Gasteiger charge is 2.47. The lowest BCUT2D eigenvalue weighted by Crippen LogP contribution is -2.54. The molecule has 5 nitrogen and oxygen atoms in total. The van der Waals surface area contributed by atoms with Crippen molar-refractivity contribution < 1.29 is 23.8 Å². The van der Waals surface area contributed by atoms with Gasteiger partial charge < -0.3 is 15.6 Å². The van der Waals surface area contributed by atoms with Gasteiger partial charge in [-0.1, -0.05) is 17.7 Å². The molecule has 0 aliphatic rings. The lowest BCUT2D eigenvalue weighted by molar-refractivity contribution is -0.169. The predicted octanol–water partition coefficient (Wildman–Crippen LogP) is 2.06. The number of rotatable bonds is 3. The topological polar surface area (TPSA) is 89.6 Å². The second-order valence-electron chi connectivity index (χ2n) is 5.24. The van der Waals surface area contributed by atoms with E-state index in [0.717, 1.165) is 12.1 Å². The predicted molar refractivity (Wildman–Crippen MR) is 70.8 cm³/mol. The molecule has 1 aromatic carbocycles. The molecular weight excluding hydrogens is 289 g/mol. The Balaban J connectivity index is 3.31. The standard InChI is InChI=1S/C13H15ClFNO4/c1-12(2,3)20-11(19)13(16,10(17)18)7-4-5-8(14)9(15)6-7/h4-6H,16H2,1-3H3,(H,17,18). The fourth-order valence-electron chi connectivity index (χ4n) is 1.43. The van der Waals surface area contributed by atoms with Crippen molar-refractivity contribution in [1.82, 2.24) is 0 Å². The lowest BCUT2D eigenvalue weighted by Gasteiger charge is -2.28. The van der Waals surface area contributed by atoms with Crippen LogP contribution in [0.2, 0.25) is 5.02 Å². The number of benzene rings is 1. The van der Waals surface area contributed by atoms with Crippen molar-refractivity contribution in [2.75, 3.05) is 0 Å². The molecule has 0 aromatic heterocycles. The van der Waals surface area contributed by atoms with E-state index in [2.05, 4.69) is 0 Å². The SMILES string of the molecule is CC(C)(C)OC(=O)C(N)(C(=O)O)c1ccc(Cl)c(F)c1. The van der Waals surface area contributed by atoms with Crippen LogP contribution >= 0.6 is 11.6 Å². The highest BCUT2D eigenvalue weighted by Crippen LogP contribution is 2.26. The molecule has 1 rings (SSSR count). The minimum Gasteiger partial charge on any atom is -0.479 e. The van der Waals surface area contributed by atoms with Gasteiger partial charge in [-0.2, -0.15) is 0 Å². The molecule has 0 spiro atoms. The number of carboxylic acid groups (broad SMARTS) is 1. The van der Waals surface area contributed by atoms with Gasteiger partial charge in [0, 0.05) is 0 Å². The highest BCUT2D eigenvalue weighted by atomic mass is 35.5. The molecular formula is C13H15ClFNO4. The summed E-state index contributed by atoms with van der Waals surface area (Å²) in [5, 5.41) is 9.03. The van der Waals surface area contributed by atoms with Crippen LogP contribution in [0, 0.1) is 5.82 Å². The molecule has 0 amide bonds. The number of carboxylic acids is 1. The first-order chi connectivity index (χ1) is 8.98. The van der Waals surface area contributed by atoms with E-state index in [4.69, 9.17) is 22.1 Å². The summed E-state index contributed by atoms with van der Waals surface area (Å²) in [4.78, 5) is 23.4. The number of carbonyl (C=O) groups excluding carboxylic acids is 1. The quantitative estimate of drug-likeness (QED) is 0.659. The van der Waals surface area contributed by atoms with E-state index in [1.54, 1.807) is 20.8 Å². The number of hydrogen-bond acceptors (Lipinski definition) is 4. The van der Waals surface area contributed by atoms with Crippen molar-refractivity contribution in [3.8, 4) is 0 Å². The van der Waals surface area contributed by atoms with E-state index in [-0.39, 0.29) is 10.6 Å². The molecule has 0 aliphatic heterocycles. The van der Waals surface area contributed by atoms with Crippen molar-refractivity contribution in [3.63, 3.8) is 0 Å². The summed E-state index contributed by atoms with van der Waals surface area (Å²) in [6.45, 7) is 4.70. The number of nitrogens with two attached hydrogens (primary N) is 1. The first kappa shape index (κ1) is 16.4. The number of hydrogen-bond donors (Lipinski definition) is 2. The third-order valence-electron chi connectivity index (χ3n) is 2.43. The maximum Gasteiger partial charge on any atom is 0.343 e. The maximum absolute atomic E-state index is 13.4. The van der Waals surface area contributed by atoms with Crippen molar-refractivity contribution in [3.05, 3.63) is 34.6 Å². The van der Waals surface area contributed by atoms with Gasteiger partial charge in [0.25, 0.3) is 0 Å². The zero-order valence-corrected chi connectivity index (χ0v) is 12.0. The van der Waals surface area contributed by atoms with E-state index in [1.165, 1.54) is 6.07 Å². The lowest BCUT2D eigenvalue weighted by atomic mass is 9.90. The van der Waals surface area contributed by atoms with Gasteiger partial charge in [-0.25, -0.2) is 14.0 Å². The molecule has 0 saturated heterocycles. The Kier molecular flexibility index (Phi) is 4.41. The Labute approximate surface area is 120 Å². The summed E-state index contributed by atoms with van der Waals surface area (Å²) in [5.41, 5.74) is 1.97. The van der Waals surface area contributed by atoms with Crippen LogP contribution in [0.3, 0.4) is 0 Å². The average molecular weight is 304 g/mol. The second-order valence-corrected chi connectivity index (χ2v) is 5.65. The Morgan fingerprint density at radius 3 is 2.30 bits per heavy atom. The van der Waals surface area contributed by atoms with Crippen LogP contribution in [0.5, 0.6) is 0 Å². The fourth-order valence-corrected chi connectivity index (χ4v) is 1.55. The fraction of sp³-hybridized carbons (Fsp3) is 0.385. The van der Waals surface area contributed by atoms with Gasteiger partial charge in [-0.15, -0.1) is 0 Å². The summed E-state index contributed by atoms with van der Waals surface area (Å²) >= 11 is 5.52. The number of carbonyl (C=O) groups is 2. The minimum absolute atomic E-state index is 0.203. The van der Waals surface area contributed by atoms with Crippen LogP contribution in [-0.2, 0) is 19.9 Å². The van der Waals surface area contributed by atoms with E-state index in [1.807, 2.05) is 0 Å². The molecule has 3 N–H and O–H groups in total. The van der Waals surface area contributed by atoms with E-state index in [9.17, 15) is 19.1 Å². The van der Waals surface area contributed by atoms with Gasteiger partial charge in [0.15, 0.2) is 0 Å². The van der Waals surface area contributed by atoms with Crippen LogP contribution < -0.4 is 5.73 Å². The second kappa shape index (κ2) is 5.38. The van der Waals surface area contributed by atoms with Crippen LogP contribution in [0.15, 0.2) is 18.2 Å². The first-order valence-electron chi connectivity index (χ1n) is 5.69. The maximum atomic E-state index is 13.4. The number of esters is 1. The summed E-state index contributed by atoms with van der Waals surface area (Å²) in [6.07, 6.45) is 0. The molecule has 1 aromatic rings. The number of aliphatic carboxylic acids is 1. The van der Waals surface area contributed by atoms with Gasteiger partial charge in [-0.3, -0.25) is 0 Å². The molecule has 0 aliphatic carbocycles. The summed E-state index contributed by atoms with van der Waals surface area (Å²) in [5.74, 6) is -3.70. The van der Waals surface area contributed by atoms with Crippen LogP contribution in [0.4, 0.5) is 4.39 Å². The highest BCUT2D eigenvalue weighted by molar-refractivity contribution is 6.30. The molecule has 0 bridgehead atoms. The van der Waals surface area contributed by atoms with Crippen molar-refractivity contribution in [1.29, 1.82) is 0 Å². The van der Waals surface area contributed by atoms with Gasteiger partial charge in [0.2, 0.25) is 5.54 Å².